The van der Waals surface area contributed by atoms with E-state index in [0.29, 0.717) is 19.4 Å². The number of hydrogen-bond acceptors (Lipinski definition) is 4. The molecule has 0 fully saturated rings. The summed E-state index contributed by atoms with van der Waals surface area (Å²) in [4.78, 5) is 16.1. The summed E-state index contributed by atoms with van der Waals surface area (Å²) in [6, 6.07) is 4.72. The molecule has 1 aromatic carbocycles. The van der Waals surface area contributed by atoms with Crippen LogP contribution in [0.5, 0.6) is 0 Å². The first-order chi connectivity index (χ1) is 15.1. The number of aryl methyl sites for hydroxylation is 2. The van der Waals surface area contributed by atoms with E-state index in [1.54, 1.807) is 5.48 Å². The van der Waals surface area contributed by atoms with Gasteiger partial charge in [0.25, 0.3) is 0 Å². The van der Waals surface area contributed by atoms with E-state index in [9.17, 15) is 13.6 Å². The van der Waals surface area contributed by atoms with E-state index in [1.807, 2.05) is 13.8 Å². The van der Waals surface area contributed by atoms with E-state index in [0.717, 1.165) is 30.7 Å². The Balaban J connectivity index is 1.93. The molecule has 2 rings (SSSR count). The van der Waals surface area contributed by atoms with Crippen LogP contribution in [0.3, 0.4) is 0 Å². The summed E-state index contributed by atoms with van der Waals surface area (Å²) in [6.45, 7) is 10.7. The highest BCUT2D eigenvalue weighted by Crippen LogP contribution is 2.24. The van der Waals surface area contributed by atoms with E-state index >= 15 is 0 Å². The quantitative estimate of drug-likeness (QED) is 0.254. The van der Waals surface area contributed by atoms with Gasteiger partial charge in [-0.3, -0.25) is 15.0 Å². The van der Waals surface area contributed by atoms with Crippen LogP contribution >= 0.6 is 0 Å². The number of hydrogen-bond donors (Lipinski definition) is 3. The van der Waals surface area contributed by atoms with Crippen molar-refractivity contribution in [1.29, 1.82) is 0 Å². The number of unbranched alkanes of at least 4 members (excludes halogenated alkanes) is 1. The van der Waals surface area contributed by atoms with Gasteiger partial charge in [-0.2, -0.15) is 0 Å². The molecule has 32 heavy (non-hydrogen) atoms. The van der Waals surface area contributed by atoms with Gasteiger partial charge in [0, 0.05) is 12.0 Å². The average molecular weight is 448 g/mol. The van der Waals surface area contributed by atoms with E-state index in [-0.39, 0.29) is 29.5 Å². The van der Waals surface area contributed by atoms with E-state index in [1.165, 1.54) is 16.7 Å². The minimum absolute atomic E-state index is 0.0726. The summed E-state index contributed by atoms with van der Waals surface area (Å²) in [5, 5.41) is 12.5. The molecule has 0 aliphatic carbocycles. The second kappa shape index (κ2) is 12.0. The van der Waals surface area contributed by atoms with Crippen molar-refractivity contribution in [2.75, 3.05) is 6.54 Å². The molecule has 0 radical (unpaired) electrons. The molecular weight excluding hydrogens is 412 g/mol. The van der Waals surface area contributed by atoms with Crippen molar-refractivity contribution in [2.24, 2.45) is 11.8 Å². The molecule has 0 saturated carbocycles. The number of nitrogens with zero attached hydrogens (tertiary/aromatic N) is 1. The van der Waals surface area contributed by atoms with Crippen LogP contribution in [0.1, 0.15) is 67.1 Å². The fourth-order valence-corrected chi connectivity index (χ4v) is 4.02. The second-order valence-electron chi connectivity index (χ2n) is 8.92. The normalized spacial score (nSPS) is 13.3. The third-order valence-electron chi connectivity index (χ3n) is 6.09. The molecule has 0 bridgehead atoms. The zero-order valence-electron chi connectivity index (χ0n) is 19.6. The van der Waals surface area contributed by atoms with Gasteiger partial charge in [0.05, 0.1) is 17.9 Å². The summed E-state index contributed by atoms with van der Waals surface area (Å²) in [6.07, 6.45) is 3.74. The molecule has 3 N–H and O–H groups in total. The molecule has 7 heteroatoms. The van der Waals surface area contributed by atoms with Gasteiger partial charge in [-0.25, -0.2) is 14.3 Å². The number of halogens is 2. The molecule has 1 heterocycles. The largest absolute Gasteiger partial charge is 0.308 e. The number of rotatable bonds is 11. The monoisotopic (exact) mass is 447 g/mol. The third kappa shape index (κ3) is 7.07. The van der Waals surface area contributed by atoms with Gasteiger partial charge in [0.2, 0.25) is 5.91 Å². The minimum atomic E-state index is -0.694. The SMILES string of the molecule is Cc1cc(C[C@H](CCCCN[C@@H](c2ncc(F)cc2F)C(C)C)C(=O)NO)cc(C)c1C. The van der Waals surface area contributed by atoms with Crippen molar-refractivity contribution in [1.82, 2.24) is 15.8 Å². The fourth-order valence-electron chi connectivity index (χ4n) is 4.02. The van der Waals surface area contributed by atoms with Crippen molar-refractivity contribution in [3.05, 3.63) is 64.0 Å². The number of nitrogens with one attached hydrogen (secondary N) is 2. The lowest BCUT2D eigenvalue weighted by Gasteiger charge is -2.23. The maximum atomic E-state index is 14.1. The Morgan fingerprint density at radius 2 is 1.75 bits per heavy atom. The van der Waals surface area contributed by atoms with E-state index in [4.69, 9.17) is 5.21 Å². The van der Waals surface area contributed by atoms with Gasteiger partial charge < -0.3 is 5.32 Å². The number of benzene rings is 1. The van der Waals surface area contributed by atoms with Crippen LogP contribution in [0, 0.1) is 44.2 Å². The molecule has 5 nitrogen and oxygen atoms in total. The van der Waals surface area contributed by atoms with Crippen molar-refractivity contribution in [2.45, 2.75) is 66.3 Å². The number of hydroxylamine groups is 1. The molecule has 0 aliphatic heterocycles. The summed E-state index contributed by atoms with van der Waals surface area (Å²) in [7, 11) is 0. The van der Waals surface area contributed by atoms with E-state index < -0.39 is 11.6 Å². The first-order valence-corrected chi connectivity index (χ1v) is 11.2. The van der Waals surface area contributed by atoms with Gasteiger partial charge in [0.1, 0.15) is 11.6 Å². The maximum Gasteiger partial charge on any atom is 0.246 e. The molecular formula is C25H35F2N3O2. The second-order valence-corrected chi connectivity index (χ2v) is 8.92. The van der Waals surface area contributed by atoms with E-state index in [2.05, 4.69) is 43.2 Å². The highest BCUT2D eigenvalue weighted by molar-refractivity contribution is 5.77. The molecule has 0 unspecified atom stereocenters. The van der Waals surface area contributed by atoms with Crippen LogP contribution in [0.2, 0.25) is 0 Å². The van der Waals surface area contributed by atoms with Gasteiger partial charge in [-0.1, -0.05) is 32.4 Å². The Hall–Kier alpha value is -2.38. The molecule has 176 valence electrons. The molecule has 1 aromatic heterocycles. The highest BCUT2D eigenvalue weighted by Gasteiger charge is 2.22. The molecule has 0 saturated heterocycles. The van der Waals surface area contributed by atoms with Crippen LogP contribution < -0.4 is 10.8 Å². The highest BCUT2D eigenvalue weighted by atomic mass is 19.1. The van der Waals surface area contributed by atoms with Crippen molar-refractivity contribution in [3.63, 3.8) is 0 Å². The number of pyridine rings is 1. The molecule has 2 aromatic rings. The summed E-state index contributed by atoms with van der Waals surface area (Å²) >= 11 is 0. The summed E-state index contributed by atoms with van der Waals surface area (Å²) < 4.78 is 27.3. The smallest absolute Gasteiger partial charge is 0.246 e. The maximum absolute atomic E-state index is 14.1. The summed E-state index contributed by atoms with van der Waals surface area (Å²) in [5.41, 5.74) is 6.71. The van der Waals surface area contributed by atoms with Crippen molar-refractivity contribution >= 4 is 5.91 Å². The Morgan fingerprint density at radius 3 is 2.31 bits per heavy atom. The predicted molar refractivity (Wildman–Crippen MR) is 121 cm³/mol. The van der Waals surface area contributed by atoms with Crippen molar-refractivity contribution < 1.29 is 18.8 Å². The molecule has 0 aliphatic rings. The lowest BCUT2D eigenvalue weighted by molar-refractivity contribution is -0.133. The topological polar surface area (TPSA) is 74.2 Å². The number of aromatic nitrogens is 1. The summed E-state index contributed by atoms with van der Waals surface area (Å²) in [5.74, 6) is -1.99. The number of carbonyl (C=O) groups excluding carboxylic acids is 1. The van der Waals surface area contributed by atoms with Gasteiger partial charge in [-0.15, -0.1) is 0 Å². The minimum Gasteiger partial charge on any atom is -0.308 e. The Morgan fingerprint density at radius 1 is 1.09 bits per heavy atom. The van der Waals surface area contributed by atoms with Crippen LogP contribution in [-0.2, 0) is 11.2 Å². The van der Waals surface area contributed by atoms with Crippen LogP contribution in [0.4, 0.5) is 8.78 Å². The van der Waals surface area contributed by atoms with Gasteiger partial charge >= 0.3 is 0 Å². The Kier molecular flexibility index (Phi) is 9.72. The Bertz CT molecular complexity index is 895. The first-order valence-electron chi connectivity index (χ1n) is 11.2. The molecule has 2 atom stereocenters. The fraction of sp³-hybridized carbons (Fsp3) is 0.520. The first kappa shape index (κ1) is 25.9. The van der Waals surface area contributed by atoms with Gasteiger partial charge in [-0.05, 0) is 74.8 Å². The average Bonchev–Trinajstić information content (AvgIpc) is 2.73. The number of amides is 1. The zero-order valence-corrected chi connectivity index (χ0v) is 19.6. The van der Waals surface area contributed by atoms with Crippen LogP contribution in [-0.4, -0.2) is 22.6 Å². The van der Waals surface area contributed by atoms with Crippen LogP contribution in [0.25, 0.3) is 0 Å². The number of carbonyl (C=O) groups is 1. The molecule has 0 spiro atoms. The van der Waals surface area contributed by atoms with Crippen LogP contribution in [0.15, 0.2) is 24.4 Å². The van der Waals surface area contributed by atoms with Crippen molar-refractivity contribution in [3.8, 4) is 0 Å². The Labute approximate surface area is 189 Å². The lowest BCUT2D eigenvalue weighted by Crippen LogP contribution is -2.30. The zero-order chi connectivity index (χ0) is 23.8. The van der Waals surface area contributed by atoms with Gasteiger partial charge in [0.15, 0.2) is 0 Å². The predicted octanol–water partition coefficient (Wildman–Crippen LogP) is 5.11. The molecule has 1 amide bonds. The standard InChI is InChI=1S/C25H35F2N3O2/c1-15(2)23(24-22(27)13-21(26)14-29-24)28-9-7-6-8-20(25(31)30-32)12-19-10-16(3)18(5)17(4)11-19/h10-11,13-15,20,23,28,32H,6-9,12H2,1-5H3,(H,30,31)/t20-,23+/m0/s1. The third-order valence-corrected chi connectivity index (χ3v) is 6.09. The lowest BCUT2D eigenvalue weighted by atomic mass is 9.90.